The zero-order valence-corrected chi connectivity index (χ0v) is 12.5. The monoisotopic (exact) mass is 339 g/mol. The van der Waals surface area contributed by atoms with Crippen LogP contribution >= 0.6 is 0 Å². The zero-order valence-electron chi connectivity index (χ0n) is 10.9. The predicted molar refractivity (Wildman–Crippen MR) is 76.4 cm³/mol. The average molecular weight is 339 g/mol. The van der Waals surface area contributed by atoms with Gasteiger partial charge in [-0.05, 0) is 17.7 Å². The fraction of sp³-hybridized carbons (Fsp3) is 0. The van der Waals surface area contributed by atoms with Crippen LogP contribution in [0, 0.1) is 11.3 Å². The highest BCUT2D eigenvalue weighted by Gasteiger charge is 2.27. The van der Waals surface area contributed by atoms with Crippen LogP contribution in [-0.2, 0) is 24.1 Å². The number of benzene rings is 2. The van der Waals surface area contributed by atoms with E-state index in [0.29, 0.717) is 5.56 Å². The van der Waals surface area contributed by atoms with Crippen molar-refractivity contribution in [2.45, 2.75) is 4.90 Å². The lowest BCUT2D eigenvalue weighted by Crippen LogP contribution is -2.14. The van der Waals surface area contributed by atoms with Crippen molar-refractivity contribution in [1.82, 2.24) is 0 Å². The van der Waals surface area contributed by atoms with E-state index in [1.807, 2.05) is 6.07 Å². The van der Waals surface area contributed by atoms with Gasteiger partial charge in [0.2, 0.25) is 0 Å². The molecular weight excluding hydrogens is 330 g/mol. The van der Waals surface area contributed by atoms with Gasteiger partial charge in [-0.1, -0.05) is 36.4 Å². The van der Waals surface area contributed by atoms with Gasteiger partial charge in [-0.15, -0.1) is 3.63 Å². The van der Waals surface area contributed by atoms with E-state index in [0.717, 1.165) is 6.07 Å². The van der Waals surface area contributed by atoms with Crippen LogP contribution in [0.4, 0.5) is 0 Å². The molecule has 0 saturated carbocycles. The second kappa shape index (κ2) is 5.86. The summed E-state index contributed by atoms with van der Waals surface area (Å²) < 4.78 is 57.9. The molecule has 0 aliphatic carbocycles. The summed E-state index contributed by atoms with van der Waals surface area (Å²) in [6.45, 7) is 0. The largest absolute Gasteiger partial charge is 0.412 e. The van der Waals surface area contributed by atoms with Gasteiger partial charge >= 0.3 is 20.5 Å². The molecule has 2 rings (SSSR count). The average Bonchev–Trinajstić information content (AvgIpc) is 2.45. The van der Waals surface area contributed by atoms with Crippen LogP contribution in [0.3, 0.4) is 0 Å². The molecule has 0 bridgehead atoms. The topological polar surface area (TPSA) is 122 Å². The second-order valence-corrected chi connectivity index (χ2v) is 6.85. The van der Waals surface area contributed by atoms with Crippen molar-refractivity contribution in [2.75, 3.05) is 0 Å². The minimum Gasteiger partial charge on any atom is -0.263 e. The van der Waals surface area contributed by atoms with Gasteiger partial charge in [0.1, 0.15) is 4.90 Å². The summed E-state index contributed by atoms with van der Waals surface area (Å²) in [7, 11) is -10.0. The molecule has 0 aliphatic heterocycles. The third kappa shape index (κ3) is 3.49. The van der Waals surface area contributed by atoms with Crippen molar-refractivity contribution in [1.29, 1.82) is 5.26 Å². The molecule has 0 atom stereocenters. The molecule has 7 nitrogen and oxygen atoms in total. The molecule has 0 amide bonds. The van der Waals surface area contributed by atoms with Gasteiger partial charge in [-0.3, -0.25) is 4.55 Å². The predicted octanol–water partition coefficient (Wildman–Crippen LogP) is 1.73. The van der Waals surface area contributed by atoms with Crippen LogP contribution in [0.5, 0.6) is 0 Å². The summed E-state index contributed by atoms with van der Waals surface area (Å²) in [5.74, 6) is 0. The number of hydrogen-bond donors (Lipinski definition) is 1. The van der Waals surface area contributed by atoms with Crippen LogP contribution < -0.4 is 0 Å². The van der Waals surface area contributed by atoms with Crippen molar-refractivity contribution in [2.24, 2.45) is 0 Å². The Balaban J connectivity index is 2.77. The maximum atomic E-state index is 12.0. The van der Waals surface area contributed by atoms with Gasteiger partial charge < -0.3 is 0 Å². The van der Waals surface area contributed by atoms with E-state index in [4.69, 9.17) is 9.81 Å². The van der Waals surface area contributed by atoms with Gasteiger partial charge in [-0.25, -0.2) is 0 Å². The molecule has 9 heteroatoms. The van der Waals surface area contributed by atoms with Gasteiger partial charge in [0.05, 0.1) is 11.6 Å². The summed E-state index contributed by atoms with van der Waals surface area (Å²) in [6, 6.07) is 13.6. The standard InChI is InChI=1S/C13H9NO6S2/c14-9-11-7-4-8-12(21(15,16)20-22(17,18)19)13(11)10-5-2-1-3-6-10/h1-8H,(H,17,18,19). The van der Waals surface area contributed by atoms with Crippen molar-refractivity contribution in [3.63, 3.8) is 0 Å². The van der Waals surface area contributed by atoms with Gasteiger partial charge in [-0.2, -0.15) is 22.1 Å². The summed E-state index contributed by atoms with van der Waals surface area (Å²) in [4.78, 5) is -0.532. The first-order valence-corrected chi connectivity index (χ1v) is 8.54. The van der Waals surface area contributed by atoms with E-state index < -0.39 is 25.4 Å². The van der Waals surface area contributed by atoms with E-state index in [-0.39, 0.29) is 11.1 Å². The fourth-order valence-corrected chi connectivity index (χ4v) is 3.81. The first kappa shape index (κ1) is 16.1. The Hall–Kier alpha value is -2.25. The highest BCUT2D eigenvalue weighted by molar-refractivity contribution is 7.97. The Morgan fingerprint density at radius 2 is 1.59 bits per heavy atom. The zero-order chi connectivity index (χ0) is 16.4. The minimum absolute atomic E-state index is 0.00532. The third-order valence-corrected chi connectivity index (χ3v) is 4.94. The Morgan fingerprint density at radius 1 is 0.955 bits per heavy atom. The Labute approximate surface area is 127 Å². The molecule has 114 valence electrons. The summed E-state index contributed by atoms with van der Waals surface area (Å²) in [6.07, 6.45) is 0. The number of hydrogen-bond acceptors (Lipinski definition) is 6. The molecule has 2 aromatic carbocycles. The Kier molecular flexibility index (Phi) is 4.30. The summed E-state index contributed by atoms with van der Waals surface area (Å²) in [5.41, 5.74) is 0.401. The lowest BCUT2D eigenvalue weighted by molar-refractivity contribution is 0.383. The maximum Gasteiger partial charge on any atom is 0.412 e. The normalized spacial score (nSPS) is 11.8. The summed E-state index contributed by atoms with van der Waals surface area (Å²) in [5, 5.41) is 9.15. The molecule has 2 aromatic rings. The maximum absolute atomic E-state index is 12.0. The number of rotatable bonds is 4. The molecule has 1 N–H and O–H groups in total. The number of nitrogens with zero attached hydrogens (tertiary/aromatic N) is 1. The Morgan fingerprint density at radius 3 is 2.14 bits per heavy atom. The van der Waals surface area contributed by atoms with E-state index in [2.05, 4.69) is 3.63 Å². The second-order valence-electron chi connectivity index (χ2n) is 4.11. The van der Waals surface area contributed by atoms with Gasteiger partial charge in [0, 0.05) is 5.56 Å². The van der Waals surface area contributed by atoms with Crippen LogP contribution in [0.2, 0.25) is 0 Å². The van der Waals surface area contributed by atoms with Gasteiger partial charge in [0.15, 0.2) is 0 Å². The van der Waals surface area contributed by atoms with E-state index in [9.17, 15) is 16.8 Å². The third-order valence-electron chi connectivity index (χ3n) is 2.65. The van der Waals surface area contributed by atoms with E-state index >= 15 is 0 Å². The first-order valence-electron chi connectivity index (χ1n) is 5.77. The minimum atomic E-state index is -5.22. The van der Waals surface area contributed by atoms with Crippen molar-refractivity contribution < 1.29 is 25.0 Å². The molecule has 0 aliphatic rings. The molecule has 0 unspecified atom stereocenters. The SMILES string of the molecule is N#Cc1cccc(S(=O)(=O)OS(=O)(=O)O)c1-c1ccccc1. The van der Waals surface area contributed by atoms with Crippen LogP contribution in [-0.4, -0.2) is 21.4 Å². The molecule has 22 heavy (non-hydrogen) atoms. The molecule has 0 heterocycles. The Bertz CT molecular complexity index is 944. The van der Waals surface area contributed by atoms with E-state index in [1.54, 1.807) is 30.3 Å². The fourth-order valence-electron chi connectivity index (χ4n) is 1.89. The molecule has 0 aromatic heterocycles. The van der Waals surface area contributed by atoms with Crippen LogP contribution in [0.1, 0.15) is 5.56 Å². The first-order chi connectivity index (χ1) is 10.2. The van der Waals surface area contributed by atoms with Crippen molar-refractivity contribution in [3.05, 3.63) is 54.1 Å². The van der Waals surface area contributed by atoms with Crippen molar-refractivity contribution in [3.8, 4) is 17.2 Å². The lowest BCUT2D eigenvalue weighted by Gasteiger charge is -2.11. The molecular formula is C13H9NO6S2. The van der Waals surface area contributed by atoms with Crippen LogP contribution in [0.25, 0.3) is 11.1 Å². The summed E-state index contributed by atoms with van der Waals surface area (Å²) >= 11 is 0. The van der Waals surface area contributed by atoms with Gasteiger partial charge in [0.25, 0.3) is 0 Å². The molecule has 0 radical (unpaired) electrons. The lowest BCUT2D eigenvalue weighted by atomic mass is 10.0. The smallest absolute Gasteiger partial charge is 0.263 e. The molecule has 0 spiro atoms. The highest BCUT2D eigenvalue weighted by Crippen LogP contribution is 2.32. The highest BCUT2D eigenvalue weighted by atomic mass is 32.3. The van der Waals surface area contributed by atoms with Crippen LogP contribution in [0.15, 0.2) is 53.4 Å². The molecule has 0 saturated heterocycles. The molecule has 0 fully saturated rings. The van der Waals surface area contributed by atoms with E-state index in [1.165, 1.54) is 12.1 Å². The van der Waals surface area contributed by atoms with Crippen molar-refractivity contribution >= 4 is 20.5 Å². The number of nitriles is 1. The quantitative estimate of drug-likeness (QED) is 0.842.